The van der Waals surface area contributed by atoms with Gasteiger partial charge >= 0.3 is 0 Å². The molecule has 0 aromatic carbocycles. The molecule has 2 aromatic rings. The molecule has 0 atom stereocenters. The van der Waals surface area contributed by atoms with Crippen LogP contribution in [0.5, 0.6) is 0 Å². The third kappa shape index (κ3) is 2.11. The molecule has 2 heterocycles. The summed E-state index contributed by atoms with van der Waals surface area (Å²) >= 11 is 3.23. The van der Waals surface area contributed by atoms with Gasteiger partial charge < -0.3 is 5.11 Å². The van der Waals surface area contributed by atoms with Crippen molar-refractivity contribution in [3.63, 3.8) is 0 Å². The molecule has 19 heavy (non-hydrogen) atoms. The highest BCUT2D eigenvalue weighted by atomic mass is 79.9. The minimum atomic E-state index is -2.61. The van der Waals surface area contributed by atoms with E-state index in [0.29, 0.717) is 15.9 Å². The zero-order valence-corrected chi connectivity index (χ0v) is 11.4. The molecular weight excluding hydrogens is 320 g/mol. The predicted molar refractivity (Wildman–Crippen MR) is 69.3 cm³/mol. The minimum absolute atomic E-state index is 0.188. The van der Waals surface area contributed by atoms with Crippen LogP contribution in [0.3, 0.4) is 0 Å². The molecular formula is C12H10BrF2N3O. The molecule has 4 nitrogen and oxygen atoms in total. The summed E-state index contributed by atoms with van der Waals surface area (Å²) in [5.74, 6) is -3.08. The number of aliphatic hydroxyl groups excluding tert-OH is 1. The van der Waals surface area contributed by atoms with E-state index in [2.05, 4.69) is 32.6 Å². The average Bonchev–Trinajstić information content (AvgIpc) is 2.64. The van der Waals surface area contributed by atoms with Gasteiger partial charge in [-0.3, -0.25) is 0 Å². The minimum Gasteiger partial charge on any atom is -0.506 e. The van der Waals surface area contributed by atoms with Crippen LogP contribution in [0.15, 0.2) is 23.3 Å². The van der Waals surface area contributed by atoms with E-state index in [4.69, 9.17) is 0 Å². The summed E-state index contributed by atoms with van der Waals surface area (Å²) in [6.07, 6.45) is -0.415. The highest BCUT2D eigenvalue weighted by Crippen LogP contribution is 2.48. The molecule has 1 saturated carbocycles. The van der Waals surface area contributed by atoms with Crippen LogP contribution in [-0.2, 0) is 0 Å². The maximum Gasteiger partial charge on any atom is 0.249 e. The second-order valence-corrected chi connectivity index (χ2v) is 5.52. The van der Waals surface area contributed by atoms with Gasteiger partial charge in [0.2, 0.25) is 5.92 Å². The van der Waals surface area contributed by atoms with Crippen LogP contribution in [0, 0.1) is 0 Å². The van der Waals surface area contributed by atoms with Gasteiger partial charge in [-0.2, -0.15) is 5.10 Å². The number of hydrogen-bond donors (Lipinski definition) is 1. The van der Waals surface area contributed by atoms with E-state index in [0.717, 1.165) is 0 Å². The van der Waals surface area contributed by atoms with E-state index in [1.807, 2.05) is 0 Å². The van der Waals surface area contributed by atoms with E-state index in [-0.39, 0.29) is 30.2 Å². The van der Waals surface area contributed by atoms with Gasteiger partial charge in [-0.1, -0.05) is 6.58 Å². The van der Waals surface area contributed by atoms with Gasteiger partial charge in [0.25, 0.3) is 0 Å². The van der Waals surface area contributed by atoms with Crippen molar-refractivity contribution in [2.75, 3.05) is 0 Å². The number of aliphatic hydroxyl groups is 1. The summed E-state index contributed by atoms with van der Waals surface area (Å²) in [4.78, 5) is 4.17. The lowest BCUT2D eigenvalue weighted by atomic mass is 9.79. The van der Waals surface area contributed by atoms with E-state index in [1.54, 1.807) is 12.1 Å². The monoisotopic (exact) mass is 329 g/mol. The van der Waals surface area contributed by atoms with Crippen molar-refractivity contribution in [1.82, 2.24) is 14.6 Å². The zero-order valence-electron chi connectivity index (χ0n) is 9.78. The fraction of sp³-hybridized carbons (Fsp3) is 0.333. The van der Waals surface area contributed by atoms with Gasteiger partial charge in [0.15, 0.2) is 5.65 Å². The lowest BCUT2D eigenvalue weighted by Gasteiger charge is -2.35. The number of alkyl halides is 2. The van der Waals surface area contributed by atoms with Crippen LogP contribution in [0.2, 0.25) is 0 Å². The molecule has 7 heteroatoms. The van der Waals surface area contributed by atoms with Gasteiger partial charge in [-0.05, 0) is 22.0 Å². The van der Waals surface area contributed by atoms with E-state index >= 15 is 0 Å². The quantitative estimate of drug-likeness (QED) is 0.857. The second kappa shape index (κ2) is 4.00. The zero-order chi connectivity index (χ0) is 13.8. The summed E-state index contributed by atoms with van der Waals surface area (Å²) in [7, 11) is 0. The Balaban J connectivity index is 2.13. The third-order valence-corrected chi connectivity index (χ3v) is 3.62. The summed E-state index contributed by atoms with van der Waals surface area (Å²) in [5.41, 5.74) is 1.39. The first-order chi connectivity index (χ1) is 8.85. The average molecular weight is 330 g/mol. The molecule has 0 aliphatic heterocycles. The molecule has 1 fully saturated rings. The number of rotatable bonds is 2. The summed E-state index contributed by atoms with van der Waals surface area (Å²) in [5, 5.41) is 13.6. The number of halogens is 3. The summed E-state index contributed by atoms with van der Waals surface area (Å²) in [6.45, 7) is 3.42. The van der Waals surface area contributed by atoms with Crippen LogP contribution < -0.4 is 0 Å². The first-order valence-corrected chi connectivity index (χ1v) is 6.47. The molecule has 0 saturated heterocycles. The topological polar surface area (TPSA) is 50.4 Å². The maximum absolute atomic E-state index is 13.0. The van der Waals surface area contributed by atoms with Gasteiger partial charge in [-0.15, -0.1) is 0 Å². The molecule has 0 bridgehead atoms. The molecule has 0 radical (unpaired) electrons. The van der Waals surface area contributed by atoms with Crippen LogP contribution in [-0.4, -0.2) is 25.6 Å². The maximum atomic E-state index is 13.0. The largest absolute Gasteiger partial charge is 0.506 e. The van der Waals surface area contributed by atoms with Crippen molar-refractivity contribution in [2.45, 2.75) is 24.7 Å². The number of aromatic nitrogens is 3. The van der Waals surface area contributed by atoms with Gasteiger partial charge in [0.05, 0.1) is 5.69 Å². The van der Waals surface area contributed by atoms with E-state index in [9.17, 15) is 13.9 Å². The smallest absolute Gasteiger partial charge is 0.249 e. The normalized spacial score (nSPS) is 18.5. The number of nitrogens with zero attached hydrogens (tertiary/aromatic N) is 3. The fourth-order valence-corrected chi connectivity index (χ4v) is 2.64. The molecule has 0 unspecified atom stereocenters. The van der Waals surface area contributed by atoms with Crippen molar-refractivity contribution in [3.8, 4) is 0 Å². The van der Waals surface area contributed by atoms with Crippen LogP contribution >= 0.6 is 15.9 Å². The van der Waals surface area contributed by atoms with Gasteiger partial charge in [0.1, 0.15) is 16.1 Å². The van der Waals surface area contributed by atoms with Crippen molar-refractivity contribution < 1.29 is 13.9 Å². The lowest BCUT2D eigenvalue weighted by molar-refractivity contribution is -0.0879. The predicted octanol–water partition coefficient (Wildman–Crippen LogP) is 3.53. The molecule has 2 aromatic heterocycles. The second-order valence-electron chi connectivity index (χ2n) is 4.71. The lowest BCUT2D eigenvalue weighted by Crippen LogP contribution is -2.34. The highest BCUT2D eigenvalue weighted by Gasteiger charge is 2.47. The van der Waals surface area contributed by atoms with Crippen molar-refractivity contribution in [2.24, 2.45) is 0 Å². The molecule has 1 aliphatic rings. The van der Waals surface area contributed by atoms with Crippen LogP contribution in [0.4, 0.5) is 8.78 Å². The van der Waals surface area contributed by atoms with Crippen LogP contribution in [0.25, 0.3) is 11.4 Å². The van der Waals surface area contributed by atoms with Crippen molar-refractivity contribution >= 4 is 27.3 Å². The first kappa shape index (κ1) is 12.5. The van der Waals surface area contributed by atoms with Crippen molar-refractivity contribution in [1.29, 1.82) is 0 Å². The molecule has 100 valence electrons. The van der Waals surface area contributed by atoms with Gasteiger partial charge in [0, 0.05) is 24.8 Å². The molecule has 3 rings (SSSR count). The Morgan fingerprint density at radius 1 is 1.47 bits per heavy atom. The van der Waals surface area contributed by atoms with Gasteiger partial charge in [-0.25, -0.2) is 18.3 Å². The van der Waals surface area contributed by atoms with E-state index in [1.165, 1.54) is 4.52 Å². The number of hydrogen-bond acceptors (Lipinski definition) is 3. The molecule has 1 N–H and O–H groups in total. The standard InChI is InChI=1S/C12H10BrF2N3O/c1-6(19)8-2-9(7-4-12(14,15)5-7)18-11(16-8)3-10(13)17-18/h2-3,7,19H,1,4-5H2. The Hall–Kier alpha value is -1.50. The van der Waals surface area contributed by atoms with E-state index < -0.39 is 5.92 Å². The molecule has 0 amide bonds. The first-order valence-electron chi connectivity index (χ1n) is 5.68. The Morgan fingerprint density at radius 2 is 2.16 bits per heavy atom. The fourth-order valence-electron chi connectivity index (χ4n) is 2.28. The van der Waals surface area contributed by atoms with Crippen molar-refractivity contribution in [3.05, 3.63) is 34.7 Å². The summed E-state index contributed by atoms with van der Waals surface area (Å²) in [6, 6.07) is 3.22. The highest BCUT2D eigenvalue weighted by molar-refractivity contribution is 9.10. The Morgan fingerprint density at radius 3 is 2.74 bits per heavy atom. The molecule has 0 spiro atoms. The Kier molecular flexibility index (Phi) is 2.63. The summed E-state index contributed by atoms with van der Waals surface area (Å²) < 4.78 is 28.1. The van der Waals surface area contributed by atoms with Crippen LogP contribution in [0.1, 0.15) is 30.1 Å². The Bertz CT molecular complexity index is 675. The molecule has 1 aliphatic carbocycles. The SMILES string of the molecule is C=C(O)c1cc(C2CC(F)(F)C2)n2nc(Br)cc2n1. The number of fused-ring (bicyclic) bond motifs is 1. The Labute approximate surface area is 115 Å². The third-order valence-electron chi connectivity index (χ3n) is 3.23.